The summed E-state index contributed by atoms with van der Waals surface area (Å²) in [5.74, 6) is 0.131. The zero-order valence-corrected chi connectivity index (χ0v) is 18.3. The molecule has 0 spiro atoms. The van der Waals surface area contributed by atoms with Crippen LogP contribution >= 0.6 is 0 Å². The molecule has 2 N–H and O–H groups in total. The molecule has 0 bridgehead atoms. The van der Waals surface area contributed by atoms with E-state index in [0.29, 0.717) is 24.2 Å². The minimum Gasteiger partial charge on any atom is -0.434 e. The number of benzene rings is 2. The minimum atomic E-state index is -2.91. The van der Waals surface area contributed by atoms with Crippen LogP contribution in [0.15, 0.2) is 60.7 Å². The van der Waals surface area contributed by atoms with Crippen LogP contribution in [0.4, 0.5) is 8.78 Å². The summed E-state index contributed by atoms with van der Waals surface area (Å²) in [5, 5.41) is 18.5. The van der Waals surface area contributed by atoms with Crippen molar-refractivity contribution in [2.75, 3.05) is 6.54 Å². The quantitative estimate of drug-likeness (QED) is 0.470. The van der Waals surface area contributed by atoms with Crippen LogP contribution in [-0.2, 0) is 12.0 Å². The highest BCUT2D eigenvalue weighted by molar-refractivity contribution is 5.61. The number of rotatable bonds is 5. The van der Waals surface area contributed by atoms with E-state index in [4.69, 9.17) is 14.8 Å². The van der Waals surface area contributed by atoms with Crippen molar-refractivity contribution in [3.8, 4) is 17.0 Å². The molecule has 2 aromatic heterocycles. The third-order valence-electron chi connectivity index (χ3n) is 5.91. The lowest BCUT2D eigenvalue weighted by Crippen LogP contribution is -2.32. The number of aliphatic hydroxyl groups is 1. The Kier molecular flexibility index (Phi) is 5.34. The number of nitrogens with zero attached hydrogens (tertiary/aromatic N) is 3. The van der Waals surface area contributed by atoms with Crippen molar-refractivity contribution in [1.82, 2.24) is 19.9 Å². The SMILES string of the molecule is CC(C)(O)c1ccc(-c2ccc3nc4c(n3n2)C(c2ccccc2OC(F)F)NCC4)cc1. The summed E-state index contributed by atoms with van der Waals surface area (Å²) in [6.45, 7) is 1.24. The van der Waals surface area contributed by atoms with Gasteiger partial charge in [0.1, 0.15) is 5.75 Å². The number of alkyl halides is 2. The zero-order valence-electron chi connectivity index (χ0n) is 18.3. The van der Waals surface area contributed by atoms with E-state index in [-0.39, 0.29) is 11.8 Å². The fraction of sp³-hybridized carbons (Fsp3) is 0.280. The van der Waals surface area contributed by atoms with Crippen LogP contribution in [0.25, 0.3) is 16.9 Å². The van der Waals surface area contributed by atoms with E-state index in [1.165, 1.54) is 0 Å². The molecule has 0 saturated carbocycles. The maximum absolute atomic E-state index is 13.0. The van der Waals surface area contributed by atoms with Crippen molar-refractivity contribution < 1.29 is 18.6 Å². The van der Waals surface area contributed by atoms with Crippen molar-refractivity contribution >= 4 is 5.65 Å². The predicted octanol–water partition coefficient (Wildman–Crippen LogP) is 4.46. The van der Waals surface area contributed by atoms with E-state index in [1.807, 2.05) is 36.4 Å². The molecule has 3 heterocycles. The molecule has 0 amide bonds. The number of halogens is 2. The smallest absolute Gasteiger partial charge is 0.387 e. The Morgan fingerprint density at radius 2 is 1.85 bits per heavy atom. The zero-order chi connectivity index (χ0) is 23.2. The molecule has 2 aromatic carbocycles. The second kappa shape index (κ2) is 8.20. The number of nitrogens with one attached hydrogen (secondary N) is 1. The van der Waals surface area contributed by atoms with Crippen LogP contribution < -0.4 is 10.1 Å². The maximum atomic E-state index is 13.0. The van der Waals surface area contributed by atoms with E-state index in [1.54, 1.807) is 42.6 Å². The molecule has 8 heteroatoms. The van der Waals surface area contributed by atoms with Crippen LogP contribution in [0.3, 0.4) is 0 Å². The Bertz CT molecular complexity index is 1300. The van der Waals surface area contributed by atoms with Gasteiger partial charge in [0.25, 0.3) is 0 Å². The number of fused-ring (bicyclic) bond motifs is 3. The van der Waals surface area contributed by atoms with Crippen molar-refractivity contribution in [1.29, 1.82) is 0 Å². The first-order valence-electron chi connectivity index (χ1n) is 10.8. The summed E-state index contributed by atoms with van der Waals surface area (Å²) in [5.41, 5.74) is 4.53. The second-order valence-corrected chi connectivity index (χ2v) is 8.62. The molecule has 0 saturated heterocycles. The van der Waals surface area contributed by atoms with Gasteiger partial charge in [0.2, 0.25) is 0 Å². The lowest BCUT2D eigenvalue weighted by molar-refractivity contribution is -0.0506. The van der Waals surface area contributed by atoms with Crippen LogP contribution in [0, 0.1) is 0 Å². The molecule has 170 valence electrons. The lowest BCUT2D eigenvalue weighted by Gasteiger charge is -2.25. The van der Waals surface area contributed by atoms with E-state index in [9.17, 15) is 13.9 Å². The molecule has 1 aliphatic rings. The van der Waals surface area contributed by atoms with Crippen molar-refractivity contribution in [2.24, 2.45) is 0 Å². The molecule has 4 aromatic rings. The largest absolute Gasteiger partial charge is 0.434 e. The average molecular weight is 450 g/mol. The molecule has 5 rings (SSSR count). The first-order valence-corrected chi connectivity index (χ1v) is 10.8. The average Bonchev–Trinajstić information content (AvgIpc) is 3.17. The van der Waals surface area contributed by atoms with Gasteiger partial charge in [0.05, 0.1) is 28.7 Å². The Balaban J connectivity index is 1.60. The first kappa shape index (κ1) is 21.5. The van der Waals surface area contributed by atoms with Crippen LogP contribution in [0.5, 0.6) is 5.75 Å². The molecular weight excluding hydrogens is 426 g/mol. The van der Waals surface area contributed by atoms with Crippen LogP contribution in [-0.4, -0.2) is 32.9 Å². The molecule has 1 unspecified atom stereocenters. The summed E-state index contributed by atoms with van der Waals surface area (Å²) in [4.78, 5) is 4.74. The van der Waals surface area contributed by atoms with E-state index >= 15 is 0 Å². The molecule has 33 heavy (non-hydrogen) atoms. The number of hydrogen-bond acceptors (Lipinski definition) is 5. The second-order valence-electron chi connectivity index (χ2n) is 8.62. The topological polar surface area (TPSA) is 71.7 Å². The first-order chi connectivity index (χ1) is 15.8. The van der Waals surface area contributed by atoms with Gasteiger partial charge in [-0.2, -0.15) is 13.9 Å². The summed E-state index contributed by atoms with van der Waals surface area (Å²) < 4.78 is 32.6. The van der Waals surface area contributed by atoms with E-state index in [0.717, 1.165) is 28.2 Å². The van der Waals surface area contributed by atoms with Gasteiger partial charge in [-0.25, -0.2) is 9.50 Å². The van der Waals surface area contributed by atoms with Gasteiger partial charge in [-0.3, -0.25) is 0 Å². The van der Waals surface area contributed by atoms with Gasteiger partial charge in [-0.15, -0.1) is 0 Å². The summed E-state index contributed by atoms with van der Waals surface area (Å²) in [6, 6.07) is 17.8. The van der Waals surface area contributed by atoms with Crippen molar-refractivity contribution in [3.05, 3.63) is 83.2 Å². The normalized spacial score (nSPS) is 16.2. The number of aromatic nitrogens is 3. The van der Waals surface area contributed by atoms with Gasteiger partial charge in [0.15, 0.2) is 5.65 Å². The molecule has 0 aliphatic carbocycles. The van der Waals surface area contributed by atoms with Gasteiger partial charge in [0, 0.05) is 24.1 Å². The standard InChI is InChI=1S/C25H24F2N4O2/c1-25(2,32)16-9-7-15(8-10-16)18-11-12-21-29-19-13-14-28-22(23(19)31(21)30-18)17-5-3-4-6-20(17)33-24(26)27/h3-12,22,24,28,32H,13-14H2,1-2H3. The lowest BCUT2D eigenvalue weighted by atomic mass is 9.96. The monoisotopic (exact) mass is 450 g/mol. The highest BCUT2D eigenvalue weighted by Gasteiger charge is 2.30. The molecule has 6 nitrogen and oxygen atoms in total. The maximum Gasteiger partial charge on any atom is 0.387 e. The number of imidazole rings is 1. The van der Waals surface area contributed by atoms with Crippen LogP contribution in [0.1, 0.15) is 42.4 Å². The number of para-hydroxylation sites is 1. The van der Waals surface area contributed by atoms with Gasteiger partial charge in [-0.05, 0) is 37.6 Å². The number of ether oxygens (including phenoxy) is 1. The predicted molar refractivity (Wildman–Crippen MR) is 120 cm³/mol. The summed E-state index contributed by atoms with van der Waals surface area (Å²) in [7, 11) is 0. The third-order valence-corrected chi connectivity index (χ3v) is 5.91. The van der Waals surface area contributed by atoms with E-state index < -0.39 is 12.2 Å². The van der Waals surface area contributed by atoms with Crippen molar-refractivity contribution in [2.45, 2.75) is 38.5 Å². The molecule has 1 aliphatic heterocycles. The Labute approximate surface area is 189 Å². The van der Waals surface area contributed by atoms with Gasteiger partial charge >= 0.3 is 6.61 Å². The summed E-state index contributed by atoms with van der Waals surface area (Å²) >= 11 is 0. The Hall–Kier alpha value is -3.36. The molecule has 1 atom stereocenters. The molecular formula is C25H24F2N4O2. The number of hydrogen-bond donors (Lipinski definition) is 2. The Morgan fingerprint density at radius 1 is 1.09 bits per heavy atom. The van der Waals surface area contributed by atoms with Gasteiger partial charge < -0.3 is 15.2 Å². The minimum absolute atomic E-state index is 0.131. The van der Waals surface area contributed by atoms with Crippen LogP contribution in [0.2, 0.25) is 0 Å². The highest BCUT2D eigenvalue weighted by atomic mass is 19.3. The molecule has 0 radical (unpaired) electrons. The molecule has 0 fully saturated rings. The fourth-order valence-electron chi connectivity index (χ4n) is 4.28. The third kappa shape index (κ3) is 4.07. The highest BCUT2D eigenvalue weighted by Crippen LogP contribution is 2.35. The fourth-order valence-corrected chi connectivity index (χ4v) is 4.28. The summed E-state index contributed by atoms with van der Waals surface area (Å²) in [6.07, 6.45) is 0.711. The van der Waals surface area contributed by atoms with E-state index in [2.05, 4.69) is 5.32 Å². The van der Waals surface area contributed by atoms with Crippen molar-refractivity contribution in [3.63, 3.8) is 0 Å². The Morgan fingerprint density at radius 3 is 2.58 bits per heavy atom. The van der Waals surface area contributed by atoms with Gasteiger partial charge in [-0.1, -0.05) is 42.5 Å².